The van der Waals surface area contributed by atoms with Gasteiger partial charge in [0.1, 0.15) is 5.82 Å². The van der Waals surface area contributed by atoms with Crippen molar-refractivity contribution in [2.45, 2.75) is 6.42 Å². The van der Waals surface area contributed by atoms with Crippen molar-refractivity contribution in [2.75, 3.05) is 13.7 Å². The van der Waals surface area contributed by atoms with E-state index in [0.29, 0.717) is 0 Å². The Morgan fingerprint density at radius 3 is 2.82 bits per heavy atom. The molecule has 6 heteroatoms. The monoisotopic (exact) mass is 259 g/mol. The first-order valence-electron chi connectivity index (χ1n) is 4.85. The van der Waals surface area contributed by atoms with Gasteiger partial charge < -0.3 is 10.1 Å². The van der Waals surface area contributed by atoms with Crippen molar-refractivity contribution in [3.05, 3.63) is 34.6 Å². The molecule has 1 amide bonds. The maximum atomic E-state index is 13.1. The van der Waals surface area contributed by atoms with E-state index in [1.54, 1.807) is 0 Å². The quantitative estimate of drug-likeness (QED) is 0.839. The van der Waals surface area contributed by atoms with Gasteiger partial charge in [-0.3, -0.25) is 9.59 Å². The van der Waals surface area contributed by atoms with Gasteiger partial charge in [0.15, 0.2) is 0 Å². The van der Waals surface area contributed by atoms with Crippen LogP contribution >= 0.6 is 11.6 Å². The molecule has 0 spiro atoms. The minimum atomic E-state index is -0.660. The first-order chi connectivity index (χ1) is 8.06. The van der Waals surface area contributed by atoms with Gasteiger partial charge in [-0.1, -0.05) is 17.7 Å². The number of hydrogen-bond acceptors (Lipinski definition) is 3. The molecule has 0 aliphatic carbocycles. The van der Waals surface area contributed by atoms with E-state index in [4.69, 9.17) is 11.6 Å². The molecule has 0 saturated carbocycles. The second-order valence-corrected chi connectivity index (χ2v) is 3.56. The predicted octanol–water partition coefficient (Wildman–Crippen LogP) is 1.77. The van der Waals surface area contributed by atoms with Crippen LogP contribution in [0, 0.1) is 5.82 Å². The fourth-order valence-electron chi connectivity index (χ4n) is 1.15. The highest BCUT2D eigenvalue weighted by molar-refractivity contribution is 6.34. The number of nitrogens with one attached hydrogen (secondary N) is 1. The summed E-state index contributed by atoms with van der Waals surface area (Å²) in [7, 11) is 1.26. The summed E-state index contributed by atoms with van der Waals surface area (Å²) in [6.45, 7) is 0.109. The number of carbonyl (C=O) groups excluding carboxylic acids is 2. The number of amides is 1. The Balaban J connectivity index is 2.59. The van der Waals surface area contributed by atoms with Crippen LogP contribution in [0.3, 0.4) is 0 Å². The second-order valence-electron chi connectivity index (χ2n) is 3.18. The molecule has 0 saturated heterocycles. The molecule has 0 bridgehead atoms. The standard InChI is InChI=1S/C11H11ClFNO3/c1-17-9(15)5-6-14-11(16)7-3-2-4-8(13)10(7)12/h2-4H,5-6H2,1H3,(H,14,16). The summed E-state index contributed by atoms with van der Waals surface area (Å²) in [6.07, 6.45) is 0.0508. The minimum absolute atomic E-state index is 0.0385. The molecule has 1 aromatic rings. The lowest BCUT2D eigenvalue weighted by molar-refractivity contribution is -0.140. The van der Waals surface area contributed by atoms with E-state index in [-0.39, 0.29) is 23.6 Å². The molecule has 1 N–H and O–H groups in total. The maximum Gasteiger partial charge on any atom is 0.307 e. The molecule has 0 atom stereocenters. The summed E-state index contributed by atoms with van der Waals surface area (Å²) >= 11 is 5.63. The van der Waals surface area contributed by atoms with Gasteiger partial charge >= 0.3 is 5.97 Å². The van der Waals surface area contributed by atoms with E-state index in [1.165, 1.54) is 19.2 Å². The summed E-state index contributed by atoms with van der Waals surface area (Å²) in [5, 5.41) is 2.21. The lowest BCUT2D eigenvalue weighted by Crippen LogP contribution is -2.26. The van der Waals surface area contributed by atoms with Gasteiger partial charge in [-0.25, -0.2) is 4.39 Å². The summed E-state index contributed by atoms with van der Waals surface area (Å²) in [5.74, 6) is -1.62. The van der Waals surface area contributed by atoms with E-state index in [2.05, 4.69) is 10.1 Å². The number of ether oxygens (including phenoxy) is 1. The molecule has 0 aromatic heterocycles. The third-order valence-electron chi connectivity index (χ3n) is 2.04. The van der Waals surface area contributed by atoms with Gasteiger partial charge in [-0.15, -0.1) is 0 Å². The van der Waals surface area contributed by atoms with Gasteiger partial charge in [0.2, 0.25) is 0 Å². The van der Waals surface area contributed by atoms with Crippen LogP contribution in [0.2, 0.25) is 5.02 Å². The number of carbonyl (C=O) groups is 2. The molecule has 0 unspecified atom stereocenters. The van der Waals surface area contributed by atoms with Crippen LogP contribution in [-0.2, 0) is 9.53 Å². The smallest absolute Gasteiger partial charge is 0.307 e. The summed E-state index contributed by atoms with van der Waals surface area (Å²) in [6, 6.07) is 3.95. The third-order valence-corrected chi connectivity index (χ3v) is 2.42. The highest BCUT2D eigenvalue weighted by atomic mass is 35.5. The number of hydrogen-bond donors (Lipinski definition) is 1. The molecule has 0 heterocycles. The molecular formula is C11H11ClFNO3. The van der Waals surface area contributed by atoms with Crippen LogP contribution in [0.25, 0.3) is 0 Å². The zero-order valence-corrected chi connectivity index (χ0v) is 9.88. The van der Waals surface area contributed by atoms with E-state index >= 15 is 0 Å². The molecule has 1 aromatic carbocycles. The largest absolute Gasteiger partial charge is 0.469 e. The number of rotatable bonds is 4. The topological polar surface area (TPSA) is 55.4 Å². The average Bonchev–Trinajstić information content (AvgIpc) is 2.32. The Morgan fingerprint density at radius 1 is 1.47 bits per heavy atom. The summed E-state index contributed by atoms with van der Waals surface area (Å²) in [5.41, 5.74) is 0.0385. The second kappa shape index (κ2) is 6.20. The van der Waals surface area contributed by atoms with Gasteiger partial charge in [0, 0.05) is 6.54 Å². The van der Waals surface area contributed by atoms with Crippen LogP contribution in [0.15, 0.2) is 18.2 Å². The lowest BCUT2D eigenvalue weighted by atomic mass is 10.2. The zero-order valence-electron chi connectivity index (χ0n) is 9.13. The van der Waals surface area contributed by atoms with Crippen molar-refractivity contribution in [3.8, 4) is 0 Å². The van der Waals surface area contributed by atoms with Crippen LogP contribution < -0.4 is 5.32 Å². The van der Waals surface area contributed by atoms with Crippen molar-refractivity contribution in [1.82, 2.24) is 5.32 Å². The fraction of sp³-hybridized carbons (Fsp3) is 0.273. The van der Waals surface area contributed by atoms with Crippen molar-refractivity contribution >= 4 is 23.5 Å². The third kappa shape index (κ3) is 3.71. The fourth-order valence-corrected chi connectivity index (χ4v) is 1.37. The Bertz CT molecular complexity index is 437. The van der Waals surface area contributed by atoms with E-state index in [1.807, 2.05) is 0 Å². The summed E-state index contributed by atoms with van der Waals surface area (Å²) in [4.78, 5) is 22.4. The van der Waals surface area contributed by atoms with Gasteiger partial charge in [0.05, 0.1) is 24.1 Å². The summed E-state index contributed by atoms with van der Waals surface area (Å²) < 4.78 is 17.5. The van der Waals surface area contributed by atoms with Crippen LogP contribution in [0.4, 0.5) is 4.39 Å². The van der Waals surface area contributed by atoms with Crippen molar-refractivity contribution in [1.29, 1.82) is 0 Å². The Labute approximate surface area is 103 Å². The van der Waals surface area contributed by atoms with Gasteiger partial charge in [-0.05, 0) is 12.1 Å². The van der Waals surface area contributed by atoms with E-state index in [9.17, 15) is 14.0 Å². The Morgan fingerprint density at radius 2 is 2.18 bits per heavy atom. The first-order valence-corrected chi connectivity index (χ1v) is 5.23. The predicted molar refractivity (Wildman–Crippen MR) is 60.4 cm³/mol. The first kappa shape index (κ1) is 13.4. The van der Waals surface area contributed by atoms with Crippen molar-refractivity contribution < 1.29 is 18.7 Å². The SMILES string of the molecule is COC(=O)CCNC(=O)c1cccc(F)c1Cl. The van der Waals surface area contributed by atoms with Crippen molar-refractivity contribution in [2.24, 2.45) is 0 Å². The molecule has 0 aliphatic rings. The normalized spacial score (nSPS) is 9.82. The molecular weight excluding hydrogens is 249 g/mol. The number of halogens is 2. The number of esters is 1. The molecule has 0 fully saturated rings. The number of methoxy groups -OCH3 is 1. The maximum absolute atomic E-state index is 13.1. The Hall–Kier alpha value is -1.62. The molecule has 17 heavy (non-hydrogen) atoms. The van der Waals surface area contributed by atoms with Gasteiger partial charge in [-0.2, -0.15) is 0 Å². The van der Waals surface area contributed by atoms with E-state index in [0.717, 1.165) is 6.07 Å². The van der Waals surface area contributed by atoms with Crippen LogP contribution in [0.5, 0.6) is 0 Å². The Kier molecular flexibility index (Phi) is 4.90. The van der Waals surface area contributed by atoms with E-state index < -0.39 is 17.7 Å². The molecule has 0 radical (unpaired) electrons. The van der Waals surface area contributed by atoms with Crippen molar-refractivity contribution in [3.63, 3.8) is 0 Å². The van der Waals surface area contributed by atoms with Crippen LogP contribution in [0.1, 0.15) is 16.8 Å². The van der Waals surface area contributed by atoms with Gasteiger partial charge in [0.25, 0.3) is 5.91 Å². The van der Waals surface area contributed by atoms with Crippen LogP contribution in [-0.4, -0.2) is 25.5 Å². The molecule has 1 rings (SSSR count). The molecule has 0 aliphatic heterocycles. The molecule has 4 nitrogen and oxygen atoms in total. The highest BCUT2D eigenvalue weighted by Gasteiger charge is 2.13. The molecule has 92 valence electrons. The lowest BCUT2D eigenvalue weighted by Gasteiger charge is -2.06. The number of benzene rings is 1. The zero-order chi connectivity index (χ0) is 12.8. The average molecular weight is 260 g/mol. The highest BCUT2D eigenvalue weighted by Crippen LogP contribution is 2.19. The minimum Gasteiger partial charge on any atom is -0.469 e.